The van der Waals surface area contributed by atoms with Crippen LogP contribution in [0, 0.1) is 0 Å². The number of sulfonamides is 1. The molecule has 1 atom stereocenters. The van der Waals surface area contributed by atoms with Crippen molar-refractivity contribution in [3.63, 3.8) is 0 Å². The second kappa shape index (κ2) is 14.2. The first-order valence-electron chi connectivity index (χ1n) is 12.9. The number of hydrogen-bond acceptors (Lipinski definition) is 4. The lowest BCUT2D eigenvalue weighted by atomic mass is 10.0. The van der Waals surface area contributed by atoms with Crippen LogP contribution in [0.3, 0.4) is 0 Å². The SMILES string of the molecule is CNC(=O)C(Cc1ccccc1)N(Cc1c(Cl)cccc1Cl)C(=O)CN(c1cccc(Br)c1)S(=O)(=O)c1ccccc1. The Morgan fingerprint density at radius 1 is 0.857 bits per heavy atom. The van der Waals surface area contributed by atoms with Crippen molar-refractivity contribution >= 4 is 66.7 Å². The van der Waals surface area contributed by atoms with Gasteiger partial charge in [-0.1, -0.05) is 99.8 Å². The number of nitrogens with zero attached hydrogens (tertiary/aromatic N) is 2. The molecule has 7 nitrogen and oxygen atoms in total. The van der Waals surface area contributed by atoms with Gasteiger partial charge >= 0.3 is 0 Å². The molecule has 0 fully saturated rings. The average molecular weight is 689 g/mol. The van der Waals surface area contributed by atoms with E-state index in [-0.39, 0.29) is 23.5 Å². The molecule has 4 rings (SSSR count). The van der Waals surface area contributed by atoms with E-state index in [1.165, 1.54) is 24.1 Å². The van der Waals surface area contributed by atoms with Gasteiger partial charge in [0.15, 0.2) is 0 Å². The summed E-state index contributed by atoms with van der Waals surface area (Å²) in [5.41, 5.74) is 1.53. The molecular weight excluding hydrogens is 661 g/mol. The van der Waals surface area contributed by atoms with Gasteiger partial charge in [-0.25, -0.2) is 8.42 Å². The predicted molar refractivity (Wildman–Crippen MR) is 170 cm³/mol. The number of halogens is 3. The van der Waals surface area contributed by atoms with E-state index < -0.39 is 34.4 Å². The monoisotopic (exact) mass is 687 g/mol. The summed E-state index contributed by atoms with van der Waals surface area (Å²) in [6, 6.07) is 27.7. The fourth-order valence-electron chi connectivity index (χ4n) is 4.45. The van der Waals surface area contributed by atoms with Gasteiger partial charge in [0.25, 0.3) is 10.0 Å². The molecule has 4 aromatic carbocycles. The number of benzene rings is 4. The largest absolute Gasteiger partial charge is 0.357 e. The summed E-state index contributed by atoms with van der Waals surface area (Å²) in [4.78, 5) is 29.0. The molecule has 218 valence electrons. The summed E-state index contributed by atoms with van der Waals surface area (Å²) < 4.78 is 29.5. The van der Waals surface area contributed by atoms with Crippen LogP contribution < -0.4 is 9.62 Å². The Hall–Kier alpha value is -3.37. The normalized spacial score (nSPS) is 11.9. The summed E-state index contributed by atoms with van der Waals surface area (Å²) >= 11 is 16.4. The van der Waals surface area contributed by atoms with E-state index in [2.05, 4.69) is 21.2 Å². The van der Waals surface area contributed by atoms with Gasteiger partial charge in [-0.15, -0.1) is 0 Å². The lowest BCUT2D eigenvalue weighted by Crippen LogP contribution is -2.53. The zero-order chi connectivity index (χ0) is 30.3. The van der Waals surface area contributed by atoms with Crippen LogP contribution in [0.5, 0.6) is 0 Å². The highest BCUT2D eigenvalue weighted by molar-refractivity contribution is 9.10. The number of likely N-dealkylation sites (N-methyl/N-ethyl adjacent to an activating group) is 1. The van der Waals surface area contributed by atoms with Gasteiger partial charge in [0.1, 0.15) is 12.6 Å². The molecule has 42 heavy (non-hydrogen) atoms. The molecule has 0 saturated carbocycles. The van der Waals surface area contributed by atoms with E-state index in [4.69, 9.17) is 23.2 Å². The molecule has 1 N–H and O–H groups in total. The van der Waals surface area contributed by atoms with E-state index in [1.807, 2.05) is 30.3 Å². The summed E-state index contributed by atoms with van der Waals surface area (Å²) in [7, 11) is -2.70. The van der Waals surface area contributed by atoms with Crippen molar-refractivity contribution in [3.05, 3.63) is 129 Å². The highest BCUT2D eigenvalue weighted by atomic mass is 79.9. The molecule has 0 aliphatic carbocycles. The van der Waals surface area contributed by atoms with Crippen molar-refractivity contribution in [2.45, 2.75) is 23.9 Å². The molecule has 11 heteroatoms. The number of anilines is 1. The van der Waals surface area contributed by atoms with Crippen LogP contribution in [-0.2, 0) is 32.6 Å². The summed E-state index contributed by atoms with van der Waals surface area (Å²) in [6.07, 6.45) is 0.177. The molecule has 0 heterocycles. The van der Waals surface area contributed by atoms with Gasteiger partial charge < -0.3 is 10.2 Å². The molecule has 0 saturated heterocycles. The summed E-state index contributed by atoms with van der Waals surface area (Å²) in [5, 5.41) is 3.28. The Morgan fingerprint density at radius 3 is 2.05 bits per heavy atom. The van der Waals surface area contributed by atoms with Gasteiger partial charge in [-0.2, -0.15) is 0 Å². The summed E-state index contributed by atoms with van der Waals surface area (Å²) in [6.45, 7) is -0.710. The van der Waals surface area contributed by atoms with Crippen LogP contribution in [0.15, 0.2) is 112 Å². The minimum Gasteiger partial charge on any atom is -0.357 e. The van der Waals surface area contributed by atoms with Gasteiger partial charge in [0, 0.05) is 40.1 Å². The topological polar surface area (TPSA) is 86.8 Å². The summed E-state index contributed by atoms with van der Waals surface area (Å²) in [5.74, 6) is -1.04. The van der Waals surface area contributed by atoms with Crippen molar-refractivity contribution in [2.24, 2.45) is 0 Å². The number of carbonyl (C=O) groups excluding carboxylic acids is 2. The van der Waals surface area contributed by atoms with Crippen LogP contribution in [0.4, 0.5) is 5.69 Å². The first kappa shape index (κ1) is 31.6. The molecule has 0 radical (unpaired) electrons. The van der Waals surface area contributed by atoms with E-state index in [9.17, 15) is 18.0 Å². The maximum absolute atomic E-state index is 14.3. The maximum atomic E-state index is 14.3. The minimum absolute atomic E-state index is 0.0191. The van der Waals surface area contributed by atoms with E-state index in [1.54, 1.807) is 60.7 Å². The quantitative estimate of drug-likeness (QED) is 0.199. The van der Waals surface area contributed by atoms with Crippen molar-refractivity contribution < 1.29 is 18.0 Å². The zero-order valence-corrected chi connectivity index (χ0v) is 26.5. The van der Waals surface area contributed by atoms with Gasteiger partial charge in [0.05, 0.1) is 10.6 Å². The van der Waals surface area contributed by atoms with Crippen LogP contribution >= 0.6 is 39.1 Å². The van der Waals surface area contributed by atoms with E-state index in [0.29, 0.717) is 20.1 Å². The Kier molecular flexibility index (Phi) is 10.7. The molecule has 0 aromatic heterocycles. The molecule has 0 aliphatic heterocycles. The first-order chi connectivity index (χ1) is 20.1. The van der Waals surface area contributed by atoms with Crippen molar-refractivity contribution in [1.82, 2.24) is 10.2 Å². The Labute approximate surface area is 264 Å². The average Bonchev–Trinajstić information content (AvgIpc) is 2.99. The number of carbonyl (C=O) groups is 2. The third kappa shape index (κ3) is 7.52. The Morgan fingerprint density at radius 2 is 1.45 bits per heavy atom. The van der Waals surface area contributed by atoms with Gasteiger partial charge in [0.2, 0.25) is 11.8 Å². The van der Waals surface area contributed by atoms with E-state index in [0.717, 1.165) is 9.87 Å². The molecule has 1 unspecified atom stereocenters. The first-order valence-corrected chi connectivity index (χ1v) is 15.9. The molecule has 0 bridgehead atoms. The van der Waals surface area contributed by atoms with Crippen LogP contribution in [0.2, 0.25) is 10.0 Å². The number of amides is 2. The minimum atomic E-state index is -4.19. The second-order valence-electron chi connectivity index (χ2n) is 9.35. The lowest BCUT2D eigenvalue weighted by molar-refractivity contribution is -0.139. The maximum Gasteiger partial charge on any atom is 0.264 e. The van der Waals surface area contributed by atoms with Crippen LogP contribution in [-0.4, -0.2) is 44.8 Å². The molecular formula is C31H28BrCl2N3O4S. The number of hydrogen-bond donors (Lipinski definition) is 1. The lowest BCUT2D eigenvalue weighted by Gasteiger charge is -2.34. The fourth-order valence-corrected chi connectivity index (χ4v) is 6.79. The Balaban J connectivity index is 1.82. The number of rotatable bonds is 11. The third-order valence-electron chi connectivity index (χ3n) is 6.61. The predicted octanol–water partition coefficient (Wildman–Crippen LogP) is 6.34. The van der Waals surface area contributed by atoms with Crippen molar-refractivity contribution in [1.29, 1.82) is 0 Å². The smallest absolute Gasteiger partial charge is 0.264 e. The molecule has 4 aromatic rings. The van der Waals surface area contributed by atoms with E-state index >= 15 is 0 Å². The molecule has 0 spiro atoms. The van der Waals surface area contributed by atoms with Crippen LogP contribution in [0.25, 0.3) is 0 Å². The van der Waals surface area contributed by atoms with Crippen LogP contribution in [0.1, 0.15) is 11.1 Å². The standard InChI is InChI=1S/C31H28BrCl2N3O4S/c1-35-31(39)29(18-22-10-4-2-5-11-22)36(20-26-27(33)16-9-17-28(26)34)30(38)21-37(24-13-8-12-23(32)19-24)42(40,41)25-14-6-3-7-15-25/h2-17,19,29H,18,20-21H2,1H3,(H,35,39). The highest BCUT2D eigenvalue weighted by Crippen LogP contribution is 2.29. The zero-order valence-electron chi connectivity index (χ0n) is 22.6. The third-order valence-corrected chi connectivity index (χ3v) is 9.60. The van der Waals surface area contributed by atoms with Gasteiger partial charge in [-0.05, 0) is 48.0 Å². The fraction of sp³-hybridized carbons (Fsp3) is 0.161. The highest BCUT2D eigenvalue weighted by Gasteiger charge is 2.35. The number of nitrogens with one attached hydrogen (secondary N) is 1. The molecule has 0 aliphatic rings. The van der Waals surface area contributed by atoms with Gasteiger partial charge in [-0.3, -0.25) is 13.9 Å². The van der Waals surface area contributed by atoms with Crippen molar-refractivity contribution in [2.75, 3.05) is 17.9 Å². The Bertz CT molecular complexity index is 1640. The second-order valence-corrected chi connectivity index (χ2v) is 12.9. The molecule has 2 amide bonds. The van der Waals surface area contributed by atoms with Crippen molar-refractivity contribution in [3.8, 4) is 0 Å².